The first-order valence-corrected chi connectivity index (χ1v) is 6.85. The van der Waals surface area contributed by atoms with Gasteiger partial charge in [0.1, 0.15) is 17.5 Å². The average Bonchev–Trinajstić information content (AvgIpc) is 2.71. The van der Waals surface area contributed by atoms with Crippen LogP contribution in [0.5, 0.6) is 0 Å². The van der Waals surface area contributed by atoms with Crippen LogP contribution in [0.1, 0.15) is 30.4 Å². The minimum atomic E-state index is 0.429. The average molecular weight is 267 g/mol. The molecule has 1 aliphatic rings. The summed E-state index contributed by atoms with van der Waals surface area (Å²) in [6, 6.07) is 12.6. The van der Waals surface area contributed by atoms with Gasteiger partial charge in [-0.3, -0.25) is 0 Å². The Morgan fingerprint density at radius 2 is 2.10 bits per heavy atom. The number of hydrogen-bond acceptors (Lipinski definition) is 4. The van der Waals surface area contributed by atoms with Crippen molar-refractivity contribution in [2.45, 2.75) is 31.8 Å². The van der Waals surface area contributed by atoms with Crippen molar-refractivity contribution in [1.29, 1.82) is 5.26 Å². The minimum absolute atomic E-state index is 0.429. The van der Waals surface area contributed by atoms with Crippen LogP contribution in [0.25, 0.3) is 0 Å². The molecule has 1 aromatic carbocycles. The van der Waals surface area contributed by atoms with E-state index in [0.29, 0.717) is 29.8 Å². The maximum Gasteiger partial charge on any atom is 0.168 e. The number of rotatable bonds is 4. The lowest BCUT2D eigenvalue weighted by atomic mass is 9.93. The fourth-order valence-electron chi connectivity index (χ4n) is 2.31. The van der Waals surface area contributed by atoms with Gasteiger partial charge in [0, 0.05) is 6.04 Å². The molecule has 20 heavy (non-hydrogen) atoms. The molecule has 5 nitrogen and oxygen atoms in total. The monoisotopic (exact) mass is 267 g/mol. The molecule has 5 heteroatoms. The molecule has 2 aromatic rings. The van der Waals surface area contributed by atoms with Crippen molar-refractivity contribution >= 4 is 11.6 Å². The van der Waals surface area contributed by atoms with Gasteiger partial charge in [0.2, 0.25) is 0 Å². The highest BCUT2D eigenvalue weighted by molar-refractivity contribution is 5.64. The fraction of sp³-hybridized carbons (Fsp3) is 0.333. The molecule has 1 aliphatic carbocycles. The molecule has 0 unspecified atom stereocenters. The van der Waals surface area contributed by atoms with Crippen molar-refractivity contribution in [2.75, 3.05) is 11.1 Å². The third-order valence-corrected chi connectivity index (χ3v) is 3.72. The maximum atomic E-state index is 9.26. The molecule has 1 heterocycles. The van der Waals surface area contributed by atoms with E-state index in [9.17, 15) is 5.26 Å². The van der Waals surface area contributed by atoms with Crippen LogP contribution < -0.4 is 11.1 Å². The lowest BCUT2D eigenvalue weighted by Crippen LogP contribution is -2.27. The van der Waals surface area contributed by atoms with Gasteiger partial charge >= 0.3 is 0 Å². The summed E-state index contributed by atoms with van der Waals surface area (Å²) in [5.74, 6) is 1.05. The molecule has 0 atom stereocenters. The van der Waals surface area contributed by atoms with Crippen molar-refractivity contribution < 1.29 is 0 Å². The zero-order valence-corrected chi connectivity index (χ0v) is 11.2. The Balaban J connectivity index is 1.85. The predicted molar refractivity (Wildman–Crippen MR) is 78.2 cm³/mol. The normalized spacial score (nSPS) is 14.6. The number of nitrogens with zero attached hydrogens (tertiary/aromatic N) is 3. The third kappa shape index (κ3) is 2.32. The van der Waals surface area contributed by atoms with Crippen molar-refractivity contribution in [3.8, 4) is 6.07 Å². The molecule has 0 spiro atoms. The molecule has 1 saturated carbocycles. The van der Waals surface area contributed by atoms with E-state index in [-0.39, 0.29) is 0 Å². The molecule has 0 bridgehead atoms. The van der Waals surface area contributed by atoms with Crippen LogP contribution in [0.3, 0.4) is 0 Å². The number of nitrogens with two attached hydrogens (primary N) is 1. The smallest absolute Gasteiger partial charge is 0.168 e. The first kappa shape index (κ1) is 12.5. The Hall–Kier alpha value is -2.48. The van der Waals surface area contributed by atoms with Gasteiger partial charge in [0.15, 0.2) is 5.82 Å². The summed E-state index contributed by atoms with van der Waals surface area (Å²) in [6.07, 6.45) is 3.51. The van der Waals surface area contributed by atoms with Crippen LogP contribution >= 0.6 is 0 Å². The number of nitriles is 1. The first-order chi connectivity index (χ1) is 9.78. The summed E-state index contributed by atoms with van der Waals surface area (Å²) in [5.41, 5.74) is 7.60. The summed E-state index contributed by atoms with van der Waals surface area (Å²) in [7, 11) is 0. The zero-order chi connectivity index (χ0) is 13.9. The van der Waals surface area contributed by atoms with Crippen LogP contribution in [0, 0.1) is 11.3 Å². The van der Waals surface area contributed by atoms with Crippen LogP contribution in [0.15, 0.2) is 30.3 Å². The number of anilines is 2. The summed E-state index contributed by atoms with van der Waals surface area (Å²) < 4.78 is 1.69. The molecule has 3 N–H and O–H groups in total. The number of nitrogen functional groups attached to an aromatic ring is 1. The van der Waals surface area contributed by atoms with Crippen LogP contribution in [0.4, 0.5) is 11.6 Å². The van der Waals surface area contributed by atoms with Gasteiger partial charge in [0.25, 0.3) is 0 Å². The second-order valence-electron chi connectivity index (χ2n) is 5.14. The summed E-state index contributed by atoms with van der Waals surface area (Å²) in [4.78, 5) is 0. The van der Waals surface area contributed by atoms with Gasteiger partial charge in [-0.1, -0.05) is 30.3 Å². The predicted octanol–water partition coefficient (Wildman–Crippen LogP) is 2.35. The van der Waals surface area contributed by atoms with E-state index in [1.165, 1.54) is 6.42 Å². The second kappa shape index (κ2) is 5.25. The first-order valence-electron chi connectivity index (χ1n) is 6.85. The minimum Gasteiger partial charge on any atom is -0.383 e. The van der Waals surface area contributed by atoms with E-state index < -0.39 is 0 Å². The van der Waals surface area contributed by atoms with E-state index in [1.54, 1.807) is 4.68 Å². The lowest BCUT2D eigenvalue weighted by molar-refractivity contribution is 0.443. The van der Waals surface area contributed by atoms with Crippen molar-refractivity contribution in [2.24, 2.45) is 0 Å². The van der Waals surface area contributed by atoms with E-state index in [0.717, 1.165) is 18.4 Å². The quantitative estimate of drug-likeness (QED) is 0.891. The maximum absolute atomic E-state index is 9.26. The number of nitrogens with one attached hydrogen (secondary N) is 1. The van der Waals surface area contributed by atoms with Crippen LogP contribution in [-0.2, 0) is 6.54 Å². The second-order valence-corrected chi connectivity index (χ2v) is 5.14. The van der Waals surface area contributed by atoms with E-state index in [2.05, 4.69) is 16.5 Å². The van der Waals surface area contributed by atoms with Crippen molar-refractivity contribution in [3.05, 3.63) is 41.5 Å². The van der Waals surface area contributed by atoms with E-state index in [1.807, 2.05) is 30.3 Å². The van der Waals surface area contributed by atoms with Gasteiger partial charge in [0.05, 0.1) is 6.54 Å². The van der Waals surface area contributed by atoms with Crippen molar-refractivity contribution in [3.63, 3.8) is 0 Å². The molecule has 1 fully saturated rings. The molecule has 3 rings (SSSR count). The Morgan fingerprint density at radius 1 is 1.35 bits per heavy atom. The summed E-state index contributed by atoms with van der Waals surface area (Å²) in [5, 5.41) is 17.0. The largest absolute Gasteiger partial charge is 0.383 e. The summed E-state index contributed by atoms with van der Waals surface area (Å²) >= 11 is 0. The number of benzene rings is 1. The molecule has 0 saturated heterocycles. The van der Waals surface area contributed by atoms with Gasteiger partial charge in [-0.05, 0) is 24.8 Å². The molecular formula is C15H17N5. The topological polar surface area (TPSA) is 79.7 Å². The Kier molecular flexibility index (Phi) is 3.30. The third-order valence-electron chi connectivity index (χ3n) is 3.72. The zero-order valence-electron chi connectivity index (χ0n) is 11.2. The molecule has 0 amide bonds. The molecular weight excluding hydrogens is 250 g/mol. The molecule has 0 aliphatic heterocycles. The lowest BCUT2D eigenvalue weighted by Gasteiger charge is -2.26. The van der Waals surface area contributed by atoms with Gasteiger partial charge in [-0.2, -0.15) is 10.4 Å². The van der Waals surface area contributed by atoms with Gasteiger partial charge < -0.3 is 11.1 Å². The highest BCUT2D eigenvalue weighted by Gasteiger charge is 2.22. The van der Waals surface area contributed by atoms with Crippen LogP contribution in [-0.4, -0.2) is 15.8 Å². The van der Waals surface area contributed by atoms with Gasteiger partial charge in [-0.15, -0.1) is 0 Å². The molecule has 1 aromatic heterocycles. The number of aromatic nitrogens is 2. The van der Waals surface area contributed by atoms with Crippen LogP contribution in [0.2, 0.25) is 0 Å². The standard InChI is InChI=1S/C15H17N5/c16-9-13-14(17)20(10-11-5-2-1-3-6-11)19-15(13)18-12-7-4-8-12/h1-3,5-6,12H,4,7-8,10,17H2,(H,18,19). The Morgan fingerprint density at radius 3 is 2.70 bits per heavy atom. The van der Waals surface area contributed by atoms with Crippen molar-refractivity contribution in [1.82, 2.24) is 9.78 Å². The van der Waals surface area contributed by atoms with Gasteiger partial charge in [-0.25, -0.2) is 4.68 Å². The highest BCUT2D eigenvalue weighted by atomic mass is 15.3. The Labute approximate surface area is 118 Å². The summed E-state index contributed by atoms with van der Waals surface area (Å²) in [6.45, 7) is 0.577. The van der Waals surface area contributed by atoms with E-state index >= 15 is 0 Å². The van der Waals surface area contributed by atoms with E-state index in [4.69, 9.17) is 5.73 Å². The number of hydrogen-bond donors (Lipinski definition) is 2. The SMILES string of the molecule is N#Cc1c(NC2CCC2)nn(Cc2ccccc2)c1N. The molecule has 0 radical (unpaired) electrons. The Bertz CT molecular complexity index is 634. The fourth-order valence-corrected chi connectivity index (χ4v) is 2.31. The molecule has 102 valence electrons. The highest BCUT2D eigenvalue weighted by Crippen LogP contribution is 2.27.